The van der Waals surface area contributed by atoms with Crippen molar-refractivity contribution in [3.63, 3.8) is 0 Å². The number of allylic oxidation sites excluding steroid dienone is 6. The third-order valence-corrected chi connectivity index (χ3v) is 9.23. The van der Waals surface area contributed by atoms with Crippen LogP contribution in [0.2, 0.25) is 0 Å². The Morgan fingerprint density at radius 1 is 0.952 bits per heavy atom. The van der Waals surface area contributed by atoms with E-state index in [9.17, 15) is 13.2 Å². The number of aryl methyl sites for hydroxylation is 1. The average molecular weight is 594 g/mol. The summed E-state index contributed by atoms with van der Waals surface area (Å²) in [6.45, 7) is 14.7. The van der Waals surface area contributed by atoms with Gasteiger partial charge in [0.1, 0.15) is 17.1 Å². The molecule has 6 nitrogen and oxygen atoms in total. The average Bonchev–Trinajstić information content (AvgIpc) is 2.92. The maximum atomic E-state index is 12.5. The minimum absolute atomic E-state index is 0.00400. The maximum absolute atomic E-state index is 12.5. The van der Waals surface area contributed by atoms with E-state index in [1.165, 1.54) is 28.9 Å². The summed E-state index contributed by atoms with van der Waals surface area (Å²) in [6.07, 6.45) is 13.8. The second-order valence-corrected chi connectivity index (χ2v) is 13.7. The molecule has 0 aliphatic carbocycles. The monoisotopic (exact) mass is 593 g/mol. The molecule has 0 saturated carbocycles. The van der Waals surface area contributed by atoms with E-state index >= 15 is 0 Å². The first-order valence-electron chi connectivity index (χ1n) is 14.9. The van der Waals surface area contributed by atoms with Crippen molar-refractivity contribution in [3.8, 4) is 11.5 Å². The largest absolute Gasteiger partial charge is 0.487 e. The first-order valence-corrected chi connectivity index (χ1v) is 16.3. The lowest BCUT2D eigenvalue weighted by Crippen LogP contribution is -2.37. The van der Waals surface area contributed by atoms with Crippen molar-refractivity contribution in [3.05, 3.63) is 88.0 Å². The number of fused-ring (bicyclic) bond motifs is 1. The minimum Gasteiger partial charge on any atom is -0.487 e. The number of hydrogen-bond donors (Lipinski definition) is 1. The molecule has 0 fully saturated rings. The Labute approximate surface area is 253 Å². The molecule has 1 atom stereocenters. The zero-order valence-corrected chi connectivity index (χ0v) is 27.1. The van der Waals surface area contributed by atoms with Crippen LogP contribution in [0, 0.1) is 13.8 Å². The Bertz CT molecular complexity index is 1450. The molecule has 0 radical (unpaired) electrons. The van der Waals surface area contributed by atoms with E-state index in [-0.39, 0.29) is 10.5 Å². The maximum Gasteiger partial charge on any atom is 0.426 e. The van der Waals surface area contributed by atoms with Crippen molar-refractivity contribution in [2.24, 2.45) is 0 Å². The molecule has 1 aliphatic rings. The number of hydrogen-bond acceptors (Lipinski definition) is 5. The van der Waals surface area contributed by atoms with Gasteiger partial charge >= 0.3 is 6.09 Å². The first kappa shape index (κ1) is 33.2. The summed E-state index contributed by atoms with van der Waals surface area (Å²) in [7, 11) is -4.02. The quantitative estimate of drug-likeness (QED) is 0.248. The highest BCUT2D eigenvalue weighted by Gasteiger charge is 2.33. The standard InChI is InChI=1S/C35H47NO5S/c1-25(2)14-11-15-26(3)16-12-17-27(4)18-13-22-35(7)23-21-30-24-32(28(5)29(6)33(30)41-35)40-34(37)36-42(38,39)31-19-9-8-10-20-31/h8-10,14,16,18-20,24H,11-13,15,17,21-23H2,1-7H3,(H,36,37)/b26-16+,27-18+/t35-/m1/s1. The van der Waals surface area contributed by atoms with E-state index in [1.807, 2.05) is 18.6 Å². The first-order chi connectivity index (χ1) is 19.8. The van der Waals surface area contributed by atoms with E-state index in [1.54, 1.807) is 24.3 Å². The highest BCUT2D eigenvalue weighted by Crippen LogP contribution is 2.42. The summed E-state index contributed by atoms with van der Waals surface area (Å²) in [5.74, 6) is 1.17. The van der Waals surface area contributed by atoms with Crippen molar-refractivity contribution in [1.29, 1.82) is 0 Å². The molecule has 0 saturated heterocycles. The minimum atomic E-state index is -4.02. The lowest BCUT2D eigenvalue weighted by Gasteiger charge is -2.37. The van der Waals surface area contributed by atoms with Crippen LogP contribution < -0.4 is 14.2 Å². The zero-order chi connectivity index (χ0) is 30.9. The summed E-state index contributed by atoms with van der Waals surface area (Å²) in [5, 5.41) is 0. The predicted octanol–water partition coefficient (Wildman–Crippen LogP) is 9.06. The smallest absolute Gasteiger partial charge is 0.426 e. The van der Waals surface area contributed by atoms with Crippen molar-refractivity contribution >= 4 is 16.1 Å². The molecule has 2 aromatic carbocycles. The number of nitrogens with one attached hydrogen (secondary N) is 1. The van der Waals surface area contributed by atoms with Gasteiger partial charge in [-0.1, -0.05) is 53.1 Å². The zero-order valence-electron chi connectivity index (χ0n) is 26.3. The Morgan fingerprint density at radius 3 is 2.21 bits per heavy atom. The van der Waals surface area contributed by atoms with Gasteiger partial charge in [-0.2, -0.15) is 0 Å². The third kappa shape index (κ3) is 9.62. The number of benzene rings is 2. The number of sulfonamides is 1. The number of amides is 1. The predicted molar refractivity (Wildman–Crippen MR) is 171 cm³/mol. The Balaban J connectivity index is 1.57. The molecule has 0 spiro atoms. The van der Waals surface area contributed by atoms with E-state index < -0.39 is 16.1 Å². The molecule has 1 N–H and O–H groups in total. The van der Waals surface area contributed by atoms with Crippen LogP contribution in [0.1, 0.15) is 96.3 Å². The van der Waals surface area contributed by atoms with Crippen molar-refractivity contribution in [2.45, 2.75) is 110 Å². The molecule has 0 aromatic heterocycles. The normalized spacial score (nSPS) is 17.2. The Hall–Kier alpha value is -3.32. The van der Waals surface area contributed by atoms with E-state index in [0.29, 0.717) is 5.75 Å². The Morgan fingerprint density at radius 2 is 1.57 bits per heavy atom. The van der Waals surface area contributed by atoms with Crippen LogP contribution >= 0.6 is 0 Å². The van der Waals surface area contributed by atoms with Gasteiger partial charge in [0, 0.05) is 0 Å². The molecule has 228 valence electrons. The summed E-state index contributed by atoms with van der Waals surface area (Å²) >= 11 is 0. The summed E-state index contributed by atoms with van der Waals surface area (Å²) in [4.78, 5) is 12.5. The molecule has 0 bridgehead atoms. The Kier molecular flexibility index (Phi) is 11.6. The lowest BCUT2D eigenvalue weighted by molar-refractivity contribution is 0.0560. The third-order valence-electron chi connectivity index (χ3n) is 7.90. The molecule has 42 heavy (non-hydrogen) atoms. The molecule has 1 heterocycles. The molecular weight excluding hydrogens is 546 g/mol. The fourth-order valence-electron chi connectivity index (χ4n) is 5.09. The molecule has 0 unspecified atom stereocenters. The summed E-state index contributed by atoms with van der Waals surface area (Å²) in [6, 6.07) is 9.53. The van der Waals surface area contributed by atoms with Crippen molar-refractivity contribution in [2.75, 3.05) is 0 Å². The molecular formula is C35H47NO5S. The number of ether oxygens (including phenoxy) is 2. The fraction of sp³-hybridized carbons (Fsp3) is 0.457. The summed E-state index contributed by atoms with van der Waals surface area (Å²) in [5.41, 5.74) is 6.55. The fourth-order valence-corrected chi connectivity index (χ4v) is 5.98. The van der Waals surface area contributed by atoms with Gasteiger partial charge in [0.2, 0.25) is 0 Å². The van der Waals surface area contributed by atoms with Gasteiger partial charge in [-0.25, -0.2) is 17.9 Å². The number of carbonyl (C=O) groups excluding carboxylic acids is 1. The van der Waals surface area contributed by atoms with Gasteiger partial charge in [-0.05, 0) is 135 Å². The number of rotatable bonds is 12. The van der Waals surface area contributed by atoms with E-state index in [0.717, 1.165) is 73.8 Å². The molecule has 1 amide bonds. The molecule has 1 aliphatic heterocycles. The van der Waals surface area contributed by atoms with Gasteiger partial charge < -0.3 is 9.47 Å². The van der Waals surface area contributed by atoms with E-state index in [4.69, 9.17) is 9.47 Å². The van der Waals surface area contributed by atoms with Gasteiger partial charge in [0.05, 0.1) is 4.90 Å². The van der Waals surface area contributed by atoms with E-state index in [2.05, 4.69) is 52.8 Å². The van der Waals surface area contributed by atoms with Crippen LogP contribution in [0.5, 0.6) is 11.5 Å². The van der Waals surface area contributed by atoms with Crippen LogP contribution in [0.4, 0.5) is 4.79 Å². The van der Waals surface area contributed by atoms with Crippen LogP contribution in [0.3, 0.4) is 0 Å². The highest BCUT2D eigenvalue weighted by atomic mass is 32.2. The molecule has 2 aromatic rings. The topological polar surface area (TPSA) is 81.7 Å². The summed E-state index contributed by atoms with van der Waals surface area (Å²) < 4.78 is 39.1. The van der Waals surface area contributed by atoms with Crippen LogP contribution in [-0.4, -0.2) is 20.1 Å². The second-order valence-electron chi connectivity index (χ2n) is 12.0. The molecule has 3 rings (SSSR count). The SMILES string of the molecule is CC(C)=CCC/C(C)=C/CC/C(C)=C/CC[C@]1(C)CCc2cc(OC(=O)NS(=O)(=O)c3ccccc3)c(C)c(C)c2O1. The highest BCUT2D eigenvalue weighted by molar-refractivity contribution is 7.90. The van der Waals surface area contributed by atoms with Crippen LogP contribution in [-0.2, 0) is 16.4 Å². The van der Waals surface area contributed by atoms with Gasteiger partial charge in [0.15, 0.2) is 0 Å². The van der Waals surface area contributed by atoms with Crippen LogP contribution in [0.15, 0.2) is 76.2 Å². The van der Waals surface area contributed by atoms with Gasteiger partial charge in [-0.15, -0.1) is 0 Å². The van der Waals surface area contributed by atoms with Gasteiger partial charge in [-0.3, -0.25) is 0 Å². The van der Waals surface area contributed by atoms with Crippen LogP contribution in [0.25, 0.3) is 0 Å². The van der Waals surface area contributed by atoms with Crippen molar-refractivity contribution < 1.29 is 22.7 Å². The van der Waals surface area contributed by atoms with Gasteiger partial charge in [0.25, 0.3) is 10.0 Å². The lowest BCUT2D eigenvalue weighted by atomic mass is 9.86. The number of carbonyl (C=O) groups is 1. The molecule has 7 heteroatoms. The van der Waals surface area contributed by atoms with Crippen molar-refractivity contribution in [1.82, 2.24) is 4.72 Å². The second kappa shape index (κ2) is 14.7.